The van der Waals surface area contributed by atoms with Gasteiger partial charge in [-0.1, -0.05) is 24.3 Å². The quantitative estimate of drug-likeness (QED) is 0.686. The highest BCUT2D eigenvalue weighted by atomic mass is 32.2. The summed E-state index contributed by atoms with van der Waals surface area (Å²) in [6.07, 6.45) is 1.86. The Bertz CT molecular complexity index is 910. The van der Waals surface area contributed by atoms with E-state index in [0.717, 1.165) is 5.56 Å². The number of rotatable bonds is 9. The number of anilines is 2. The van der Waals surface area contributed by atoms with Crippen LogP contribution in [0.15, 0.2) is 48.5 Å². The van der Waals surface area contributed by atoms with E-state index >= 15 is 0 Å². The van der Waals surface area contributed by atoms with Crippen molar-refractivity contribution in [2.24, 2.45) is 0 Å². The van der Waals surface area contributed by atoms with E-state index in [0.29, 0.717) is 23.5 Å². The highest BCUT2D eigenvalue weighted by molar-refractivity contribution is 7.92. The molecule has 2 rings (SSSR count). The summed E-state index contributed by atoms with van der Waals surface area (Å²) in [4.78, 5) is 12.3. The Hall–Kier alpha value is -2.54. The third kappa shape index (κ3) is 6.56. The molecule has 0 unspecified atom stereocenters. The molecule has 0 spiro atoms. The van der Waals surface area contributed by atoms with E-state index in [-0.39, 0.29) is 25.0 Å². The van der Waals surface area contributed by atoms with Crippen molar-refractivity contribution in [1.29, 1.82) is 0 Å². The summed E-state index contributed by atoms with van der Waals surface area (Å²) >= 11 is 0. The van der Waals surface area contributed by atoms with Crippen molar-refractivity contribution in [3.63, 3.8) is 0 Å². The zero-order valence-corrected chi connectivity index (χ0v) is 17.6. The van der Waals surface area contributed by atoms with Crippen molar-refractivity contribution < 1.29 is 17.9 Å². The normalized spacial score (nSPS) is 11.3. The molecule has 2 aromatic carbocycles. The molecule has 28 heavy (non-hydrogen) atoms. The number of carbonyl (C=O) groups is 1. The number of sulfonamides is 1. The molecule has 1 amide bonds. The number of aryl methyl sites for hydroxylation is 1. The number of hydrogen-bond acceptors (Lipinski definition) is 4. The van der Waals surface area contributed by atoms with E-state index in [1.54, 1.807) is 24.3 Å². The van der Waals surface area contributed by atoms with Gasteiger partial charge in [0.1, 0.15) is 5.75 Å². The van der Waals surface area contributed by atoms with Crippen LogP contribution in [0.2, 0.25) is 0 Å². The molecule has 0 saturated carbocycles. The third-order valence-corrected chi connectivity index (χ3v) is 5.22. The zero-order valence-electron chi connectivity index (χ0n) is 16.8. The fraction of sp³-hybridized carbons (Fsp3) is 0.381. The highest BCUT2D eigenvalue weighted by Gasteiger charge is 2.19. The smallest absolute Gasteiger partial charge is 0.232 e. The molecule has 0 aromatic heterocycles. The van der Waals surface area contributed by atoms with E-state index < -0.39 is 10.0 Å². The number of nitrogens with one attached hydrogen (secondary N) is 1. The van der Waals surface area contributed by atoms with E-state index in [2.05, 4.69) is 5.32 Å². The molecule has 0 saturated heterocycles. The Kier molecular flexibility index (Phi) is 7.45. The Morgan fingerprint density at radius 1 is 1.14 bits per heavy atom. The molecule has 6 nitrogen and oxygen atoms in total. The fourth-order valence-electron chi connectivity index (χ4n) is 2.83. The number of nitrogens with zero attached hydrogens (tertiary/aromatic N) is 1. The number of amides is 1. The first kappa shape index (κ1) is 21.8. The van der Waals surface area contributed by atoms with Crippen LogP contribution in [0.1, 0.15) is 32.3 Å². The molecular formula is C21H28N2O4S. The summed E-state index contributed by atoms with van der Waals surface area (Å²) < 4.78 is 31.4. The molecule has 0 heterocycles. The lowest BCUT2D eigenvalue weighted by atomic mass is 10.2. The summed E-state index contributed by atoms with van der Waals surface area (Å²) in [5.74, 6) is 0.524. The second kappa shape index (κ2) is 9.59. The monoisotopic (exact) mass is 404 g/mol. The minimum Gasteiger partial charge on any atom is -0.491 e. The van der Waals surface area contributed by atoms with Gasteiger partial charge in [-0.3, -0.25) is 9.10 Å². The summed E-state index contributed by atoms with van der Waals surface area (Å²) in [7, 11) is -3.43. The van der Waals surface area contributed by atoms with Crippen LogP contribution >= 0.6 is 0 Å². The van der Waals surface area contributed by atoms with Crippen molar-refractivity contribution >= 4 is 27.3 Å². The minimum atomic E-state index is -3.43. The fourth-order valence-corrected chi connectivity index (χ4v) is 3.86. The van der Waals surface area contributed by atoms with Crippen molar-refractivity contribution in [1.82, 2.24) is 0 Å². The molecule has 152 valence electrons. The number of ether oxygens (including phenoxy) is 1. The zero-order chi connectivity index (χ0) is 20.7. The summed E-state index contributed by atoms with van der Waals surface area (Å²) in [5.41, 5.74) is 2.17. The Balaban J connectivity index is 1.95. The van der Waals surface area contributed by atoms with Gasteiger partial charge in [0.25, 0.3) is 0 Å². The maximum atomic E-state index is 12.3. The average molecular weight is 405 g/mol. The molecular weight excluding hydrogens is 376 g/mol. The summed E-state index contributed by atoms with van der Waals surface area (Å²) in [5, 5.41) is 2.83. The highest BCUT2D eigenvalue weighted by Crippen LogP contribution is 2.23. The van der Waals surface area contributed by atoms with Crippen LogP contribution in [-0.2, 0) is 14.8 Å². The van der Waals surface area contributed by atoms with Crippen LogP contribution < -0.4 is 14.4 Å². The van der Waals surface area contributed by atoms with Gasteiger partial charge in [-0.05, 0) is 51.0 Å². The van der Waals surface area contributed by atoms with Crippen LogP contribution in [-0.4, -0.2) is 33.2 Å². The molecule has 7 heteroatoms. The molecule has 1 N–H and O–H groups in total. The van der Waals surface area contributed by atoms with E-state index in [4.69, 9.17) is 4.74 Å². The maximum Gasteiger partial charge on any atom is 0.232 e. The van der Waals surface area contributed by atoms with E-state index in [1.165, 1.54) is 10.6 Å². The summed E-state index contributed by atoms with van der Waals surface area (Å²) in [6, 6.07) is 14.5. The van der Waals surface area contributed by atoms with Gasteiger partial charge in [0.15, 0.2) is 0 Å². The van der Waals surface area contributed by atoms with Gasteiger partial charge < -0.3 is 10.1 Å². The van der Waals surface area contributed by atoms with E-state index in [1.807, 2.05) is 45.0 Å². The first-order valence-electron chi connectivity index (χ1n) is 9.26. The van der Waals surface area contributed by atoms with Crippen LogP contribution in [0, 0.1) is 6.92 Å². The third-order valence-electron chi connectivity index (χ3n) is 4.04. The van der Waals surface area contributed by atoms with Gasteiger partial charge in [-0.2, -0.15) is 0 Å². The van der Waals surface area contributed by atoms with Crippen LogP contribution in [0.25, 0.3) is 0 Å². The number of para-hydroxylation sites is 1. The number of benzene rings is 2. The summed E-state index contributed by atoms with van der Waals surface area (Å²) in [6.45, 7) is 5.99. The topological polar surface area (TPSA) is 75.7 Å². The second-order valence-corrected chi connectivity index (χ2v) is 8.87. The van der Waals surface area contributed by atoms with E-state index in [9.17, 15) is 13.2 Å². The molecule has 0 radical (unpaired) electrons. The molecule has 0 aliphatic rings. The van der Waals surface area contributed by atoms with Crippen LogP contribution in [0.5, 0.6) is 5.75 Å². The molecule has 0 fully saturated rings. The van der Waals surface area contributed by atoms with Crippen LogP contribution in [0.3, 0.4) is 0 Å². The number of hydrogen-bond donors (Lipinski definition) is 1. The first-order valence-corrected chi connectivity index (χ1v) is 11.1. The molecule has 0 bridgehead atoms. The predicted octanol–water partition coefficient (Wildman–Crippen LogP) is 3.97. The van der Waals surface area contributed by atoms with Gasteiger partial charge in [-0.15, -0.1) is 0 Å². The van der Waals surface area contributed by atoms with Gasteiger partial charge in [0.05, 0.1) is 18.0 Å². The standard InChI is InChI=1S/C21H28N2O4S/c1-16(2)27-19-11-7-10-18(15-19)22-21(24)13-8-14-23(28(4,25)26)20-12-6-5-9-17(20)3/h5-7,9-12,15-16H,8,13-14H2,1-4H3,(H,22,24). The van der Waals surface area contributed by atoms with Gasteiger partial charge in [0.2, 0.25) is 15.9 Å². The number of carbonyl (C=O) groups excluding carboxylic acids is 1. The van der Waals surface area contributed by atoms with Gasteiger partial charge >= 0.3 is 0 Å². The Morgan fingerprint density at radius 2 is 1.86 bits per heavy atom. The molecule has 0 aliphatic carbocycles. The van der Waals surface area contributed by atoms with Crippen LogP contribution in [0.4, 0.5) is 11.4 Å². The van der Waals surface area contributed by atoms with Crippen molar-refractivity contribution in [2.75, 3.05) is 22.4 Å². The SMILES string of the molecule is Cc1ccccc1N(CCCC(=O)Nc1cccc(OC(C)C)c1)S(C)(=O)=O. The lowest BCUT2D eigenvalue weighted by molar-refractivity contribution is -0.116. The Morgan fingerprint density at radius 3 is 2.50 bits per heavy atom. The molecule has 0 atom stereocenters. The van der Waals surface area contributed by atoms with Crippen molar-refractivity contribution in [3.8, 4) is 5.75 Å². The average Bonchev–Trinajstić information content (AvgIpc) is 2.58. The maximum absolute atomic E-state index is 12.3. The van der Waals surface area contributed by atoms with Crippen molar-refractivity contribution in [2.45, 2.75) is 39.7 Å². The first-order chi connectivity index (χ1) is 13.2. The molecule has 0 aliphatic heterocycles. The van der Waals surface area contributed by atoms with Gasteiger partial charge in [0, 0.05) is 24.7 Å². The molecule has 2 aromatic rings. The lowest BCUT2D eigenvalue weighted by Crippen LogP contribution is -2.32. The lowest BCUT2D eigenvalue weighted by Gasteiger charge is -2.24. The van der Waals surface area contributed by atoms with Gasteiger partial charge in [-0.25, -0.2) is 8.42 Å². The predicted molar refractivity (Wildman–Crippen MR) is 113 cm³/mol. The largest absolute Gasteiger partial charge is 0.491 e. The Labute approximate surface area is 167 Å². The minimum absolute atomic E-state index is 0.0503. The second-order valence-electron chi connectivity index (χ2n) is 6.97. The van der Waals surface area contributed by atoms with Crippen molar-refractivity contribution in [3.05, 3.63) is 54.1 Å².